The van der Waals surface area contributed by atoms with E-state index in [0.29, 0.717) is 0 Å². The summed E-state index contributed by atoms with van der Waals surface area (Å²) in [5.41, 5.74) is 3.58. The highest BCUT2D eigenvalue weighted by molar-refractivity contribution is 6.30. The molecule has 0 spiro atoms. The van der Waals surface area contributed by atoms with E-state index in [0.717, 1.165) is 17.1 Å². The van der Waals surface area contributed by atoms with Gasteiger partial charge in [0.2, 0.25) is 0 Å². The third kappa shape index (κ3) is 2.77. The Balaban J connectivity index is 1.94. The molecule has 0 saturated heterocycles. The lowest BCUT2D eigenvalue weighted by Gasteiger charge is -2.04. The van der Waals surface area contributed by atoms with Crippen molar-refractivity contribution >= 4 is 22.4 Å². The topological polar surface area (TPSA) is 12.9 Å². The first-order valence-corrected chi connectivity index (χ1v) is 6.68. The normalized spacial score (nSPS) is 10.8. The van der Waals surface area contributed by atoms with E-state index in [1.807, 2.05) is 30.5 Å². The number of fused-ring (bicyclic) bond motifs is 1. The summed E-state index contributed by atoms with van der Waals surface area (Å²) in [6.07, 6.45) is 2.78. The van der Waals surface area contributed by atoms with Crippen LogP contribution in [0.2, 0.25) is 5.02 Å². The fraction of sp³-hybridized carbons (Fsp3) is 0.118. The molecular formula is C17H14ClN. The van der Waals surface area contributed by atoms with Crippen LogP contribution < -0.4 is 0 Å². The summed E-state index contributed by atoms with van der Waals surface area (Å²) in [5, 5.41) is 3.20. The molecule has 3 rings (SSSR count). The van der Waals surface area contributed by atoms with E-state index in [9.17, 15) is 0 Å². The lowest BCUT2D eigenvalue weighted by atomic mass is 10.1. The van der Waals surface area contributed by atoms with Gasteiger partial charge in [0.1, 0.15) is 0 Å². The molecular weight excluding hydrogens is 254 g/mol. The van der Waals surface area contributed by atoms with Gasteiger partial charge in [-0.05, 0) is 36.1 Å². The van der Waals surface area contributed by atoms with E-state index >= 15 is 0 Å². The minimum atomic E-state index is 0.769. The predicted molar refractivity (Wildman–Crippen MR) is 80.7 cm³/mol. The number of aromatic nitrogens is 1. The average molecular weight is 268 g/mol. The second kappa shape index (κ2) is 5.02. The second-order valence-corrected chi connectivity index (χ2v) is 5.27. The number of halogens is 1. The minimum Gasteiger partial charge on any atom is -0.260 e. The minimum absolute atomic E-state index is 0.769. The van der Waals surface area contributed by atoms with Crippen LogP contribution in [-0.2, 0) is 6.42 Å². The van der Waals surface area contributed by atoms with Crippen LogP contribution in [-0.4, -0.2) is 4.98 Å². The van der Waals surface area contributed by atoms with Crippen molar-refractivity contribution < 1.29 is 0 Å². The molecule has 0 amide bonds. The van der Waals surface area contributed by atoms with E-state index in [2.05, 4.69) is 36.2 Å². The molecule has 0 fully saturated rings. The number of hydrogen-bond donors (Lipinski definition) is 0. The SMILES string of the molecule is Cc1ccc2cnc(Cc3ccc(Cl)cc3)cc2c1. The Labute approximate surface area is 117 Å². The number of rotatable bonds is 2. The zero-order chi connectivity index (χ0) is 13.2. The van der Waals surface area contributed by atoms with Crippen LogP contribution in [0.4, 0.5) is 0 Å². The van der Waals surface area contributed by atoms with E-state index in [1.165, 1.54) is 21.9 Å². The summed E-state index contributed by atoms with van der Waals surface area (Å²) < 4.78 is 0. The van der Waals surface area contributed by atoms with Crippen LogP contribution in [0.25, 0.3) is 10.8 Å². The lowest BCUT2D eigenvalue weighted by Crippen LogP contribution is -1.92. The molecule has 0 bridgehead atoms. The van der Waals surface area contributed by atoms with Crippen molar-refractivity contribution in [1.82, 2.24) is 4.98 Å². The smallest absolute Gasteiger partial charge is 0.0453 e. The summed E-state index contributed by atoms with van der Waals surface area (Å²) in [6.45, 7) is 2.11. The molecule has 0 aliphatic heterocycles. The summed E-state index contributed by atoms with van der Waals surface area (Å²) in [4.78, 5) is 4.52. The van der Waals surface area contributed by atoms with Crippen molar-refractivity contribution in [1.29, 1.82) is 0 Å². The molecule has 94 valence electrons. The molecule has 2 aromatic carbocycles. The molecule has 0 saturated carbocycles. The van der Waals surface area contributed by atoms with Gasteiger partial charge < -0.3 is 0 Å². The zero-order valence-corrected chi connectivity index (χ0v) is 11.5. The number of nitrogens with zero attached hydrogens (tertiary/aromatic N) is 1. The Morgan fingerprint density at radius 3 is 2.53 bits per heavy atom. The van der Waals surface area contributed by atoms with Gasteiger partial charge in [0.25, 0.3) is 0 Å². The maximum atomic E-state index is 5.89. The van der Waals surface area contributed by atoms with Crippen LogP contribution >= 0.6 is 11.6 Å². The molecule has 3 aromatic rings. The third-order valence-electron chi connectivity index (χ3n) is 3.23. The van der Waals surface area contributed by atoms with Crippen molar-refractivity contribution in [2.24, 2.45) is 0 Å². The molecule has 0 aliphatic carbocycles. The number of hydrogen-bond acceptors (Lipinski definition) is 1. The van der Waals surface area contributed by atoms with Gasteiger partial charge in [0.05, 0.1) is 0 Å². The van der Waals surface area contributed by atoms with Gasteiger partial charge in [-0.1, -0.05) is 47.5 Å². The van der Waals surface area contributed by atoms with Gasteiger partial charge in [0, 0.05) is 28.7 Å². The van der Waals surface area contributed by atoms with Gasteiger partial charge >= 0.3 is 0 Å². The summed E-state index contributed by atoms with van der Waals surface area (Å²) in [6, 6.07) is 16.5. The Kier molecular flexibility index (Phi) is 3.22. The number of pyridine rings is 1. The predicted octanol–water partition coefficient (Wildman–Crippen LogP) is 4.79. The molecule has 1 aromatic heterocycles. The molecule has 0 N–H and O–H groups in total. The number of aryl methyl sites for hydroxylation is 1. The third-order valence-corrected chi connectivity index (χ3v) is 3.48. The van der Waals surface area contributed by atoms with Crippen molar-refractivity contribution in [2.45, 2.75) is 13.3 Å². The van der Waals surface area contributed by atoms with Crippen LogP contribution in [0.1, 0.15) is 16.8 Å². The highest BCUT2D eigenvalue weighted by atomic mass is 35.5. The molecule has 0 unspecified atom stereocenters. The largest absolute Gasteiger partial charge is 0.260 e. The second-order valence-electron chi connectivity index (χ2n) is 4.83. The summed E-state index contributed by atoms with van der Waals surface area (Å²) >= 11 is 5.89. The fourth-order valence-electron chi connectivity index (χ4n) is 2.21. The highest BCUT2D eigenvalue weighted by Gasteiger charge is 2.01. The molecule has 1 nitrogen and oxygen atoms in total. The van der Waals surface area contributed by atoms with Crippen molar-refractivity contribution in [3.8, 4) is 0 Å². The first-order chi connectivity index (χ1) is 9.20. The number of benzene rings is 2. The summed E-state index contributed by atoms with van der Waals surface area (Å²) in [7, 11) is 0. The summed E-state index contributed by atoms with van der Waals surface area (Å²) in [5.74, 6) is 0. The van der Waals surface area contributed by atoms with Crippen LogP contribution in [0, 0.1) is 6.92 Å². The van der Waals surface area contributed by atoms with E-state index in [-0.39, 0.29) is 0 Å². The quantitative estimate of drug-likeness (QED) is 0.651. The van der Waals surface area contributed by atoms with Crippen LogP contribution in [0.5, 0.6) is 0 Å². The molecule has 1 heterocycles. The van der Waals surface area contributed by atoms with Crippen LogP contribution in [0.3, 0.4) is 0 Å². The first kappa shape index (κ1) is 12.2. The van der Waals surface area contributed by atoms with Gasteiger partial charge in [-0.25, -0.2) is 0 Å². The van der Waals surface area contributed by atoms with E-state index < -0.39 is 0 Å². The van der Waals surface area contributed by atoms with Crippen LogP contribution in [0.15, 0.2) is 54.7 Å². The van der Waals surface area contributed by atoms with E-state index in [4.69, 9.17) is 11.6 Å². The van der Waals surface area contributed by atoms with Gasteiger partial charge in [-0.3, -0.25) is 4.98 Å². The zero-order valence-electron chi connectivity index (χ0n) is 10.7. The molecule has 0 radical (unpaired) electrons. The van der Waals surface area contributed by atoms with Gasteiger partial charge in [-0.15, -0.1) is 0 Å². The average Bonchev–Trinajstić information content (AvgIpc) is 2.41. The molecule has 0 atom stereocenters. The Bertz CT molecular complexity index is 717. The highest BCUT2D eigenvalue weighted by Crippen LogP contribution is 2.18. The maximum absolute atomic E-state index is 5.89. The molecule has 2 heteroatoms. The Morgan fingerprint density at radius 1 is 0.947 bits per heavy atom. The van der Waals surface area contributed by atoms with Gasteiger partial charge in [-0.2, -0.15) is 0 Å². The van der Waals surface area contributed by atoms with E-state index in [1.54, 1.807) is 0 Å². The first-order valence-electron chi connectivity index (χ1n) is 6.30. The Morgan fingerprint density at radius 2 is 1.74 bits per heavy atom. The fourth-order valence-corrected chi connectivity index (χ4v) is 2.34. The van der Waals surface area contributed by atoms with Crippen molar-refractivity contribution in [2.75, 3.05) is 0 Å². The molecule has 19 heavy (non-hydrogen) atoms. The standard InChI is InChI=1S/C17H14ClN/c1-12-2-5-14-11-19-17(10-15(14)8-12)9-13-3-6-16(18)7-4-13/h2-8,10-11H,9H2,1H3. The van der Waals surface area contributed by atoms with Crippen molar-refractivity contribution in [3.05, 3.63) is 76.6 Å². The monoisotopic (exact) mass is 267 g/mol. The lowest BCUT2D eigenvalue weighted by molar-refractivity contribution is 1.09. The van der Waals surface area contributed by atoms with Crippen molar-refractivity contribution in [3.63, 3.8) is 0 Å². The molecule has 0 aliphatic rings. The van der Waals surface area contributed by atoms with Gasteiger partial charge in [0.15, 0.2) is 0 Å². The maximum Gasteiger partial charge on any atom is 0.0453 e. The Hall–Kier alpha value is -1.86.